The third kappa shape index (κ3) is 5.31. The van der Waals surface area contributed by atoms with Gasteiger partial charge in [0, 0.05) is 42.8 Å². The molecule has 4 rings (SSSR count). The Morgan fingerprint density at radius 3 is 2.32 bits per heavy atom. The largest absolute Gasteiger partial charge is 0.473 e. The van der Waals surface area contributed by atoms with Crippen molar-refractivity contribution < 1.29 is 24.5 Å². The number of morpholine rings is 1. The summed E-state index contributed by atoms with van der Waals surface area (Å²) in [4.78, 5) is 26.8. The van der Waals surface area contributed by atoms with Crippen LogP contribution in [0.4, 0.5) is 0 Å². The summed E-state index contributed by atoms with van der Waals surface area (Å²) in [6.07, 6.45) is 4.77. The minimum absolute atomic E-state index is 0.767. The molecule has 2 fully saturated rings. The number of rotatable bonds is 3. The highest BCUT2D eigenvalue weighted by Crippen LogP contribution is 2.23. The Kier molecular flexibility index (Phi) is 7.02. The number of likely N-dealkylation sites (tertiary alicyclic amines) is 1. The number of hydrogen-bond donors (Lipinski definition) is 3. The molecule has 3 heterocycles. The maximum atomic E-state index is 9.10. The summed E-state index contributed by atoms with van der Waals surface area (Å²) in [5.74, 6) is -3.65. The Morgan fingerprint density at radius 2 is 1.68 bits per heavy atom. The van der Waals surface area contributed by atoms with Crippen molar-refractivity contribution in [3.8, 4) is 0 Å². The molecular formula is C20H27N3O5. The van der Waals surface area contributed by atoms with Gasteiger partial charge in [-0.25, -0.2) is 9.59 Å². The van der Waals surface area contributed by atoms with Crippen molar-refractivity contribution in [1.29, 1.82) is 0 Å². The molecule has 0 saturated carbocycles. The second-order valence-electron chi connectivity index (χ2n) is 7.13. The SMILES string of the molecule is O=C(O)C(=O)O.c1ccc2c(CN3CCC(N4CCOCC4)CC3)c[nH]c2c1. The van der Waals surface area contributed by atoms with E-state index in [2.05, 4.69) is 45.2 Å². The molecule has 0 aliphatic carbocycles. The van der Waals surface area contributed by atoms with Crippen molar-refractivity contribution in [2.45, 2.75) is 25.4 Å². The van der Waals surface area contributed by atoms with E-state index in [9.17, 15) is 0 Å². The van der Waals surface area contributed by atoms with Gasteiger partial charge in [-0.1, -0.05) is 18.2 Å². The summed E-state index contributed by atoms with van der Waals surface area (Å²) in [6, 6.07) is 9.37. The van der Waals surface area contributed by atoms with E-state index in [0.717, 1.165) is 38.9 Å². The van der Waals surface area contributed by atoms with Crippen LogP contribution in [0, 0.1) is 0 Å². The summed E-state index contributed by atoms with van der Waals surface area (Å²) in [5, 5.41) is 16.2. The molecule has 8 nitrogen and oxygen atoms in total. The topological polar surface area (TPSA) is 106 Å². The van der Waals surface area contributed by atoms with Gasteiger partial charge in [0.15, 0.2) is 0 Å². The smallest absolute Gasteiger partial charge is 0.414 e. The number of carboxylic acid groups (broad SMARTS) is 2. The van der Waals surface area contributed by atoms with Gasteiger partial charge in [0.2, 0.25) is 0 Å². The van der Waals surface area contributed by atoms with Crippen LogP contribution in [0.25, 0.3) is 10.9 Å². The number of nitrogens with one attached hydrogen (secondary N) is 1. The molecule has 28 heavy (non-hydrogen) atoms. The molecule has 152 valence electrons. The molecule has 0 atom stereocenters. The van der Waals surface area contributed by atoms with E-state index >= 15 is 0 Å². The normalized spacial score (nSPS) is 19.1. The number of piperidine rings is 1. The molecule has 1 aromatic heterocycles. The molecule has 0 bridgehead atoms. The average molecular weight is 389 g/mol. The number of aromatic nitrogens is 1. The first-order valence-corrected chi connectivity index (χ1v) is 9.60. The fraction of sp³-hybridized carbons (Fsp3) is 0.500. The van der Waals surface area contributed by atoms with E-state index in [1.807, 2.05) is 0 Å². The van der Waals surface area contributed by atoms with Crippen molar-refractivity contribution in [2.24, 2.45) is 0 Å². The summed E-state index contributed by atoms with van der Waals surface area (Å²) in [7, 11) is 0. The summed E-state index contributed by atoms with van der Waals surface area (Å²) in [6.45, 7) is 7.55. The van der Waals surface area contributed by atoms with E-state index in [-0.39, 0.29) is 0 Å². The quantitative estimate of drug-likeness (QED) is 0.685. The maximum absolute atomic E-state index is 9.10. The van der Waals surface area contributed by atoms with Gasteiger partial charge < -0.3 is 19.9 Å². The second-order valence-corrected chi connectivity index (χ2v) is 7.13. The lowest BCUT2D eigenvalue weighted by Crippen LogP contribution is -2.48. The molecule has 2 aromatic rings. The minimum atomic E-state index is -1.82. The van der Waals surface area contributed by atoms with Crippen molar-refractivity contribution >= 4 is 22.8 Å². The third-order valence-electron chi connectivity index (χ3n) is 5.37. The van der Waals surface area contributed by atoms with Crippen LogP contribution in [0.5, 0.6) is 0 Å². The van der Waals surface area contributed by atoms with E-state index < -0.39 is 11.9 Å². The molecule has 2 aliphatic heterocycles. The molecule has 1 aromatic carbocycles. The number of hydrogen-bond acceptors (Lipinski definition) is 5. The Labute approximate surface area is 163 Å². The number of carbonyl (C=O) groups is 2. The second kappa shape index (κ2) is 9.68. The highest BCUT2D eigenvalue weighted by atomic mass is 16.5. The zero-order valence-electron chi connectivity index (χ0n) is 15.8. The van der Waals surface area contributed by atoms with Crippen LogP contribution >= 0.6 is 0 Å². The van der Waals surface area contributed by atoms with Crippen LogP contribution in [-0.4, -0.2) is 82.4 Å². The van der Waals surface area contributed by atoms with Crippen LogP contribution in [0.1, 0.15) is 18.4 Å². The molecule has 0 unspecified atom stereocenters. The van der Waals surface area contributed by atoms with Crippen molar-refractivity contribution in [3.63, 3.8) is 0 Å². The standard InChI is InChI=1S/C18H25N3O.C2H2O4/c1-2-4-18-17(3-1)15(13-19-18)14-20-7-5-16(6-8-20)21-9-11-22-12-10-21;3-1(4)2(5)6/h1-4,13,16,19H,5-12,14H2;(H,3,4)(H,5,6). The van der Waals surface area contributed by atoms with Gasteiger partial charge in [-0.05, 0) is 37.6 Å². The van der Waals surface area contributed by atoms with Gasteiger partial charge in [-0.2, -0.15) is 0 Å². The summed E-state index contributed by atoms with van der Waals surface area (Å²) in [5.41, 5.74) is 2.68. The number of aromatic amines is 1. The predicted molar refractivity (Wildman–Crippen MR) is 104 cm³/mol. The predicted octanol–water partition coefficient (Wildman–Crippen LogP) is 1.62. The Hall–Kier alpha value is -2.42. The summed E-state index contributed by atoms with van der Waals surface area (Å²) >= 11 is 0. The van der Waals surface area contributed by atoms with Gasteiger partial charge in [-0.15, -0.1) is 0 Å². The fourth-order valence-corrected chi connectivity index (χ4v) is 3.89. The number of aliphatic carboxylic acids is 2. The van der Waals surface area contributed by atoms with Gasteiger partial charge in [0.25, 0.3) is 0 Å². The molecule has 2 aliphatic rings. The van der Waals surface area contributed by atoms with E-state index in [0.29, 0.717) is 0 Å². The first-order chi connectivity index (χ1) is 13.5. The van der Waals surface area contributed by atoms with Crippen molar-refractivity contribution in [1.82, 2.24) is 14.8 Å². The van der Waals surface area contributed by atoms with E-state index in [1.165, 1.54) is 42.4 Å². The van der Waals surface area contributed by atoms with Crippen LogP contribution in [0.3, 0.4) is 0 Å². The number of para-hydroxylation sites is 1. The van der Waals surface area contributed by atoms with Crippen molar-refractivity contribution in [3.05, 3.63) is 36.0 Å². The number of carboxylic acids is 2. The zero-order valence-corrected chi connectivity index (χ0v) is 15.8. The number of ether oxygens (including phenoxy) is 1. The molecule has 0 spiro atoms. The monoisotopic (exact) mass is 389 g/mol. The average Bonchev–Trinajstić information content (AvgIpc) is 3.13. The number of nitrogens with zero attached hydrogens (tertiary/aromatic N) is 2. The number of fused-ring (bicyclic) bond motifs is 1. The summed E-state index contributed by atoms with van der Waals surface area (Å²) < 4.78 is 5.47. The van der Waals surface area contributed by atoms with Crippen molar-refractivity contribution in [2.75, 3.05) is 39.4 Å². The van der Waals surface area contributed by atoms with Gasteiger partial charge in [-0.3, -0.25) is 9.80 Å². The Balaban J connectivity index is 0.000000330. The third-order valence-corrected chi connectivity index (χ3v) is 5.37. The first kappa shape index (κ1) is 20.3. The molecule has 2 saturated heterocycles. The lowest BCUT2D eigenvalue weighted by molar-refractivity contribution is -0.159. The lowest BCUT2D eigenvalue weighted by atomic mass is 10.0. The van der Waals surface area contributed by atoms with Crippen LogP contribution in [-0.2, 0) is 20.9 Å². The van der Waals surface area contributed by atoms with Crippen LogP contribution < -0.4 is 0 Å². The Morgan fingerprint density at radius 1 is 1.04 bits per heavy atom. The van der Waals surface area contributed by atoms with Crippen LogP contribution in [0.15, 0.2) is 30.5 Å². The lowest BCUT2D eigenvalue weighted by Gasteiger charge is -2.40. The number of H-pyrrole nitrogens is 1. The molecular weight excluding hydrogens is 362 g/mol. The highest BCUT2D eigenvalue weighted by molar-refractivity contribution is 6.27. The molecule has 8 heteroatoms. The maximum Gasteiger partial charge on any atom is 0.414 e. The Bertz CT molecular complexity index is 780. The number of benzene rings is 1. The van der Waals surface area contributed by atoms with Gasteiger partial charge in [0.1, 0.15) is 0 Å². The first-order valence-electron chi connectivity index (χ1n) is 9.60. The highest BCUT2D eigenvalue weighted by Gasteiger charge is 2.26. The molecule has 3 N–H and O–H groups in total. The minimum Gasteiger partial charge on any atom is -0.473 e. The molecule has 0 radical (unpaired) electrons. The van der Waals surface area contributed by atoms with E-state index in [4.69, 9.17) is 24.5 Å². The van der Waals surface area contributed by atoms with E-state index in [1.54, 1.807) is 0 Å². The molecule has 0 amide bonds. The van der Waals surface area contributed by atoms with Gasteiger partial charge >= 0.3 is 11.9 Å². The van der Waals surface area contributed by atoms with Crippen LogP contribution in [0.2, 0.25) is 0 Å². The fourth-order valence-electron chi connectivity index (χ4n) is 3.89. The van der Waals surface area contributed by atoms with Gasteiger partial charge in [0.05, 0.1) is 13.2 Å². The zero-order chi connectivity index (χ0) is 19.9.